The average molecular weight is 459 g/mol. The van der Waals surface area contributed by atoms with Crippen molar-refractivity contribution in [3.8, 4) is 11.3 Å². The second-order valence-corrected chi connectivity index (χ2v) is 7.63. The minimum atomic E-state index is -0.176. The van der Waals surface area contributed by atoms with Gasteiger partial charge in [0.2, 0.25) is 0 Å². The molecule has 0 aliphatic rings. The standard InChI is InChI=1S/C24H19BrN4O/c1-16-26-22(17-6-3-2-4-7-17)15-23(27-16)28-21-9-5-8-18(14-21)24(30)29-20-12-10-19(25)11-13-20/h2-15H,1H3,(H,29,30)(H,26,27,28). The van der Waals surface area contributed by atoms with Gasteiger partial charge in [0.25, 0.3) is 5.91 Å². The first kappa shape index (κ1) is 19.8. The molecule has 0 aliphatic heterocycles. The molecule has 0 saturated heterocycles. The number of hydrogen-bond donors (Lipinski definition) is 2. The number of anilines is 3. The Hall–Kier alpha value is -3.51. The topological polar surface area (TPSA) is 66.9 Å². The predicted octanol–water partition coefficient (Wildman–Crippen LogP) is 6.21. The summed E-state index contributed by atoms with van der Waals surface area (Å²) in [6.07, 6.45) is 0. The molecule has 1 heterocycles. The van der Waals surface area contributed by atoms with Gasteiger partial charge >= 0.3 is 0 Å². The van der Waals surface area contributed by atoms with Crippen molar-refractivity contribution < 1.29 is 4.79 Å². The maximum absolute atomic E-state index is 12.6. The smallest absolute Gasteiger partial charge is 0.255 e. The van der Waals surface area contributed by atoms with Crippen LogP contribution >= 0.6 is 15.9 Å². The fourth-order valence-electron chi connectivity index (χ4n) is 3.01. The van der Waals surface area contributed by atoms with E-state index in [1.54, 1.807) is 12.1 Å². The zero-order valence-corrected chi connectivity index (χ0v) is 17.8. The number of carbonyl (C=O) groups excluding carboxylic acids is 1. The van der Waals surface area contributed by atoms with E-state index in [1.807, 2.05) is 79.7 Å². The molecule has 0 fully saturated rings. The van der Waals surface area contributed by atoms with Crippen LogP contribution in [0.4, 0.5) is 17.2 Å². The van der Waals surface area contributed by atoms with Crippen LogP contribution in [0.3, 0.4) is 0 Å². The minimum Gasteiger partial charge on any atom is -0.340 e. The molecule has 0 bridgehead atoms. The summed E-state index contributed by atoms with van der Waals surface area (Å²) in [4.78, 5) is 21.6. The molecule has 30 heavy (non-hydrogen) atoms. The molecule has 2 N–H and O–H groups in total. The second-order valence-electron chi connectivity index (χ2n) is 6.72. The molecule has 3 aromatic carbocycles. The van der Waals surface area contributed by atoms with Crippen LogP contribution in [-0.2, 0) is 0 Å². The number of nitrogens with one attached hydrogen (secondary N) is 2. The summed E-state index contributed by atoms with van der Waals surface area (Å²) in [5.74, 6) is 1.17. The molecular formula is C24H19BrN4O. The second kappa shape index (κ2) is 8.88. The van der Waals surface area contributed by atoms with E-state index in [0.29, 0.717) is 17.2 Å². The molecule has 0 saturated carbocycles. The zero-order valence-electron chi connectivity index (χ0n) is 16.3. The van der Waals surface area contributed by atoms with Gasteiger partial charge in [-0.25, -0.2) is 9.97 Å². The molecule has 4 rings (SSSR count). The molecule has 6 heteroatoms. The highest BCUT2D eigenvalue weighted by atomic mass is 79.9. The van der Waals surface area contributed by atoms with Crippen LogP contribution in [0.2, 0.25) is 0 Å². The summed E-state index contributed by atoms with van der Waals surface area (Å²) in [5.41, 5.74) is 3.93. The third-order valence-corrected chi connectivity index (χ3v) is 4.94. The number of rotatable bonds is 5. The van der Waals surface area contributed by atoms with Gasteiger partial charge < -0.3 is 10.6 Å². The number of amides is 1. The summed E-state index contributed by atoms with van der Waals surface area (Å²) >= 11 is 3.39. The van der Waals surface area contributed by atoms with Crippen LogP contribution in [0.25, 0.3) is 11.3 Å². The van der Waals surface area contributed by atoms with Gasteiger partial charge in [-0.05, 0) is 49.4 Å². The van der Waals surface area contributed by atoms with Gasteiger partial charge in [0, 0.05) is 33.0 Å². The van der Waals surface area contributed by atoms with E-state index in [2.05, 4.69) is 36.5 Å². The van der Waals surface area contributed by atoms with Crippen molar-refractivity contribution in [1.29, 1.82) is 0 Å². The van der Waals surface area contributed by atoms with E-state index in [1.165, 1.54) is 0 Å². The van der Waals surface area contributed by atoms with Gasteiger partial charge in [-0.1, -0.05) is 52.3 Å². The largest absolute Gasteiger partial charge is 0.340 e. The van der Waals surface area contributed by atoms with E-state index >= 15 is 0 Å². The highest BCUT2D eigenvalue weighted by Crippen LogP contribution is 2.23. The molecule has 148 valence electrons. The fraction of sp³-hybridized carbons (Fsp3) is 0.0417. The van der Waals surface area contributed by atoms with Gasteiger partial charge in [0.05, 0.1) is 5.69 Å². The fourth-order valence-corrected chi connectivity index (χ4v) is 3.28. The summed E-state index contributed by atoms with van der Waals surface area (Å²) in [7, 11) is 0. The van der Waals surface area contributed by atoms with Gasteiger partial charge in [-0.15, -0.1) is 0 Å². The summed E-state index contributed by atoms with van der Waals surface area (Å²) in [6.45, 7) is 1.86. The number of hydrogen-bond acceptors (Lipinski definition) is 4. The molecule has 0 unspecified atom stereocenters. The van der Waals surface area contributed by atoms with Crippen molar-refractivity contribution >= 4 is 39.0 Å². The normalized spacial score (nSPS) is 10.5. The lowest BCUT2D eigenvalue weighted by Crippen LogP contribution is -2.12. The van der Waals surface area contributed by atoms with E-state index < -0.39 is 0 Å². The van der Waals surface area contributed by atoms with E-state index in [9.17, 15) is 4.79 Å². The molecule has 4 aromatic rings. The Kier molecular flexibility index (Phi) is 5.86. The van der Waals surface area contributed by atoms with Crippen LogP contribution in [-0.4, -0.2) is 15.9 Å². The predicted molar refractivity (Wildman–Crippen MR) is 124 cm³/mol. The molecule has 5 nitrogen and oxygen atoms in total. The molecule has 0 spiro atoms. The molecular weight excluding hydrogens is 440 g/mol. The van der Waals surface area contributed by atoms with Crippen molar-refractivity contribution in [3.05, 3.63) is 101 Å². The minimum absolute atomic E-state index is 0.176. The number of benzene rings is 3. The van der Waals surface area contributed by atoms with Crippen molar-refractivity contribution in [1.82, 2.24) is 9.97 Å². The van der Waals surface area contributed by atoms with Crippen LogP contribution in [0, 0.1) is 6.92 Å². The van der Waals surface area contributed by atoms with Crippen molar-refractivity contribution in [2.45, 2.75) is 6.92 Å². The van der Waals surface area contributed by atoms with Crippen molar-refractivity contribution in [2.24, 2.45) is 0 Å². The summed E-state index contributed by atoms with van der Waals surface area (Å²) < 4.78 is 0.960. The highest BCUT2D eigenvalue weighted by Gasteiger charge is 2.09. The summed E-state index contributed by atoms with van der Waals surface area (Å²) in [6, 6.07) is 26.6. The SMILES string of the molecule is Cc1nc(Nc2cccc(C(=O)Nc3ccc(Br)cc3)c2)cc(-c2ccccc2)n1. The number of halogens is 1. The molecule has 0 aliphatic carbocycles. The number of aryl methyl sites for hydroxylation is 1. The van der Waals surface area contributed by atoms with Crippen molar-refractivity contribution in [2.75, 3.05) is 10.6 Å². The lowest BCUT2D eigenvalue weighted by atomic mass is 10.1. The quantitative estimate of drug-likeness (QED) is 0.372. The third kappa shape index (κ3) is 4.90. The van der Waals surface area contributed by atoms with E-state index in [0.717, 1.165) is 27.1 Å². The molecule has 0 atom stereocenters. The van der Waals surface area contributed by atoms with E-state index in [-0.39, 0.29) is 5.91 Å². The van der Waals surface area contributed by atoms with Crippen LogP contribution in [0.1, 0.15) is 16.2 Å². The Morgan fingerprint density at radius 2 is 1.60 bits per heavy atom. The molecule has 1 amide bonds. The van der Waals surface area contributed by atoms with Gasteiger partial charge in [0.15, 0.2) is 0 Å². The summed E-state index contributed by atoms with van der Waals surface area (Å²) in [5, 5.41) is 6.19. The highest BCUT2D eigenvalue weighted by molar-refractivity contribution is 9.10. The average Bonchev–Trinajstić information content (AvgIpc) is 2.76. The Morgan fingerprint density at radius 3 is 2.37 bits per heavy atom. The maximum atomic E-state index is 12.6. The zero-order chi connectivity index (χ0) is 20.9. The number of carbonyl (C=O) groups is 1. The lowest BCUT2D eigenvalue weighted by Gasteiger charge is -2.11. The number of aromatic nitrogens is 2. The first-order valence-corrected chi connectivity index (χ1v) is 10.2. The monoisotopic (exact) mass is 458 g/mol. The van der Waals surface area contributed by atoms with Gasteiger partial charge in [0.1, 0.15) is 11.6 Å². The molecule has 1 aromatic heterocycles. The number of nitrogens with zero attached hydrogens (tertiary/aromatic N) is 2. The first-order chi connectivity index (χ1) is 14.6. The van der Waals surface area contributed by atoms with Crippen LogP contribution < -0.4 is 10.6 Å². The Labute approximate surface area is 183 Å². The van der Waals surface area contributed by atoms with Crippen LogP contribution in [0.5, 0.6) is 0 Å². The lowest BCUT2D eigenvalue weighted by molar-refractivity contribution is 0.102. The maximum Gasteiger partial charge on any atom is 0.255 e. The Bertz CT molecular complexity index is 1180. The van der Waals surface area contributed by atoms with Crippen LogP contribution in [0.15, 0.2) is 89.4 Å². The van der Waals surface area contributed by atoms with E-state index in [4.69, 9.17) is 0 Å². The first-order valence-electron chi connectivity index (χ1n) is 9.42. The third-order valence-electron chi connectivity index (χ3n) is 4.41. The van der Waals surface area contributed by atoms with Gasteiger partial charge in [-0.3, -0.25) is 4.79 Å². The van der Waals surface area contributed by atoms with Gasteiger partial charge in [-0.2, -0.15) is 0 Å². The Balaban J connectivity index is 1.54. The van der Waals surface area contributed by atoms with Crippen molar-refractivity contribution in [3.63, 3.8) is 0 Å². The Morgan fingerprint density at radius 1 is 0.833 bits per heavy atom. The molecule has 0 radical (unpaired) electrons.